The van der Waals surface area contributed by atoms with Crippen LogP contribution in [-0.4, -0.2) is 0 Å². The summed E-state index contributed by atoms with van der Waals surface area (Å²) >= 11 is 0. The Morgan fingerprint density at radius 3 is 2.50 bits per heavy atom. The molecule has 0 saturated carbocycles. The second-order valence-corrected chi connectivity index (χ2v) is 4.28. The van der Waals surface area contributed by atoms with E-state index in [0.29, 0.717) is 0 Å². The fraction of sp³-hybridized carbons (Fsp3) is 0.571. The minimum absolute atomic E-state index is 0.807. The average molecular weight is 190 g/mol. The fourth-order valence-electron chi connectivity index (χ4n) is 1.98. The van der Waals surface area contributed by atoms with Gasteiger partial charge in [0.2, 0.25) is 0 Å². The molecule has 1 rings (SSSR count). The molecule has 0 aromatic heterocycles. The summed E-state index contributed by atoms with van der Waals surface area (Å²) in [6.07, 6.45) is 3.68. The van der Waals surface area contributed by atoms with Crippen molar-refractivity contribution >= 4 is 0 Å². The van der Waals surface area contributed by atoms with Crippen molar-refractivity contribution in [2.45, 2.75) is 47.0 Å². The molecule has 0 amide bonds. The highest BCUT2D eigenvalue weighted by Gasteiger charge is 2.06. The smallest absolute Gasteiger partial charge is 0.0250 e. The van der Waals surface area contributed by atoms with Crippen molar-refractivity contribution in [2.24, 2.45) is 5.92 Å². The number of hydrogen-bond acceptors (Lipinski definition) is 0. The molecule has 14 heavy (non-hydrogen) atoms. The standard InChI is InChI=1S/C14H22/c1-5-11(3)10-13-9-7-8-12(4)14(13)6-2/h7-9,11H,5-6,10H2,1-4H3. The maximum absolute atomic E-state index is 2.34. The van der Waals surface area contributed by atoms with Crippen LogP contribution in [0.1, 0.15) is 43.9 Å². The third-order valence-electron chi connectivity index (χ3n) is 3.13. The summed E-state index contributed by atoms with van der Waals surface area (Å²) in [5, 5.41) is 0. The SMILES string of the molecule is CCc1c(C)cccc1CC(C)CC. The minimum Gasteiger partial charge on any atom is -0.0651 e. The molecule has 1 aromatic carbocycles. The van der Waals surface area contributed by atoms with Crippen LogP contribution >= 0.6 is 0 Å². The lowest BCUT2D eigenvalue weighted by molar-refractivity contribution is 0.557. The van der Waals surface area contributed by atoms with Gasteiger partial charge in [0.1, 0.15) is 0 Å². The van der Waals surface area contributed by atoms with Crippen molar-refractivity contribution in [3.8, 4) is 0 Å². The van der Waals surface area contributed by atoms with Gasteiger partial charge in [-0.2, -0.15) is 0 Å². The van der Waals surface area contributed by atoms with Gasteiger partial charge >= 0.3 is 0 Å². The summed E-state index contributed by atoms with van der Waals surface area (Å²) in [5.74, 6) is 0.807. The van der Waals surface area contributed by atoms with Crippen LogP contribution in [-0.2, 0) is 12.8 Å². The van der Waals surface area contributed by atoms with E-state index in [1.807, 2.05) is 0 Å². The maximum Gasteiger partial charge on any atom is -0.0250 e. The highest BCUT2D eigenvalue weighted by atomic mass is 14.1. The van der Waals surface area contributed by atoms with Crippen LogP contribution < -0.4 is 0 Å². The van der Waals surface area contributed by atoms with Gasteiger partial charge in [-0.1, -0.05) is 45.4 Å². The summed E-state index contributed by atoms with van der Waals surface area (Å²) in [5.41, 5.74) is 4.57. The zero-order valence-corrected chi connectivity index (χ0v) is 9.93. The summed E-state index contributed by atoms with van der Waals surface area (Å²) in [4.78, 5) is 0. The molecule has 0 heteroatoms. The Hall–Kier alpha value is -0.780. The van der Waals surface area contributed by atoms with Crippen molar-refractivity contribution in [2.75, 3.05) is 0 Å². The summed E-state index contributed by atoms with van der Waals surface area (Å²) in [6, 6.07) is 6.70. The van der Waals surface area contributed by atoms with Crippen molar-refractivity contribution in [3.63, 3.8) is 0 Å². The summed E-state index contributed by atoms with van der Waals surface area (Å²) in [6.45, 7) is 9.08. The molecule has 0 aliphatic rings. The first-order valence-corrected chi connectivity index (χ1v) is 5.76. The van der Waals surface area contributed by atoms with Crippen LogP contribution in [0.25, 0.3) is 0 Å². The number of rotatable bonds is 4. The zero-order valence-electron chi connectivity index (χ0n) is 9.93. The van der Waals surface area contributed by atoms with Crippen LogP contribution in [0.15, 0.2) is 18.2 Å². The lowest BCUT2D eigenvalue weighted by Gasteiger charge is -2.14. The van der Waals surface area contributed by atoms with E-state index < -0.39 is 0 Å². The predicted molar refractivity (Wildman–Crippen MR) is 63.7 cm³/mol. The highest BCUT2D eigenvalue weighted by molar-refractivity contribution is 5.34. The number of benzene rings is 1. The first-order valence-electron chi connectivity index (χ1n) is 5.76. The van der Waals surface area contributed by atoms with Gasteiger partial charge in [0, 0.05) is 0 Å². The van der Waals surface area contributed by atoms with Crippen LogP contribution in [0.5, 0.6) is 0 Å². The molecule has 0 N–H and O–H groups in total. The molecule has 1 aromatic rings. The quantitative estimate of drug-likeness (QED) is 0.669. The Labute approximate surface area is 88.4 Å². The minimum atomic E-state index is 0.807. The number of aryl methyl sites for hydroxylation is 1. The second kappa shape index (κ2) is 5.19. The lowest BCUT2D eigenvalue weighted by Crippen LogP contribution is -2.02. The Bertz CT molecular complexity index is 286. The molecular formula is C14H22. The van der Waals surface area contributed by atoms with Gasteiger partial charge in [-0.3, -0.25) is 0 Å². The predicted octanol–water partition coefficient (Wildman–Crippen LogP) is 4.15. The van der Waals surface area contributed by atoms with Gasteiger partial charge < -0.3 is 0 Å². The molecule has 0 spiro atoms. The molecule has 0 nitrogen and oxygen atoms in total. The van der Waals surface area contributed by atoms with Crippen LogP contribution in [0.2, 0.25) is 0 Å². The Kier molecular flexibility index (Phi) is 4.19. The van der Waals surface area contributed by atoms with Crippen LogP contribution in [0.4, 0.5) is 0 Å². The van der Waals surface area contributed by atoms with E-state index >= 15 is 0 Å². The van der Waals surface area contributed by atoms with E-state index in [9.17, 15) is 0 Å². The van der Waals surface area contributed by atoms with E-state index in [1.165, 1.54) is 24.8 Å². The van der Waals surface area contributed by atoms with Crippen molar-refractivity contribution < 1.29 is 0 Å². The van der Waals surface area contributed by atoms with Crippen molar-refractivity contribution in [3.05, 3.63) is 34.9 Å². The molecule has 0 saturated heterocycles. The largest absolute Gasteiger partial charge is 0.0651 e. The third kappa shape index (κ3) is 2.60. The normalized spacial score (nSPS) is 12.9. The molecular weight excluding hydrogens is 168 g/mol. The van der Waals surface area contributed by atoms with E-state index in [0.717, 1.165) is 5.92 Å². The Balaban J connectivity index is 2.90. The molecule has 0 radical (unpaired) electrons. The Morgan fingerprint density at radius 1 is 1.21 bits per heavy atom. The molecule has 1 unspecified atom stereocenters. The van der Waals surface area contributed by atoms with Crippen molar-refractivity contribution in [1.82, 2.24) is 0 Å². The van der Waals surface area contributed by atoms with Crippen molar-refractivity contribution in [1.29, 1.82) is 0 Å². The molecule has 0 heterocycles. The van der Waals surface area contributed by atoms with Crippen LogP contribution in [0.3, 0.4) is 0 Å². The molecule has 0 aliphatic carbocycles. The van der Waals surface area contributed by atoms with E-state index in [1.54, 1.807) is 11.1 Å². The first kappa shape index (κ1) is 11.3. The van der Waals surface area contributed by atoms with Gasteiger partial charge in [-0.15, -0.1) is 0 Å². The maximum atomic E-state index is 2.34. The van der Waals surface area contributed by atoms with Gasteiger partial charge in [-0.05, 0) is 42.4 Å². The van der Waals surface area contributed by atoms with E-state index in [2.05, 4.69) is 45.9 Å². The second-order valence-electron chi connectivity index (χ2n) is 4.28. The fourth-order valence-corrected chi connectivity index (χ4v) is 1.98. The molecule has 0 bridgehead atoms. The summed E-state index contributed by atoms with van der Waals surface area (Å²) < 4.78 is 0. The Morgan fingerprint density at radius 2 is 1.93 bits per heavy atom. The van der Waals surface area contributed by atoms with E-state index in [-0.39, 0.29) is 0 Å². The van der Waals surface area contributed by atoms with Gasteiger partial charge in [0.25, 0.3) is 0 Å². The van der Waals surface area contributed by atoms with Crippen LogP contribution in [0, 0.1) is 12.8 Å². The third-order valence-corrected chi connectivity index (χ3v) is 3.13. The molecule has 78 valence electrons. The summed E-state index contributed by atoms with van der Waals surface area (Å²) in [7, 11) is 0. The highest BCUT2D eigenvalue weighted by Crippen LogP contribution is 2.19. The monoisotopic (exact) mass is 190 g/mol. The first-order chi connectivity index (χ1) is 6.69. The average Bonchev–Trinajstić information content (AvgIpc) is 2.18. The zero-order chi connectivity index (χ0) is 10.6. The molecule has 0 fully saturated rings. The molecule has 0 aliphatic heterocycles. The number of hydrogen-bond donors (Lipinski definition) is 0. The topological polar surface area (TPSA) is 0 Å². The molecule has 1 atom stereocenters. The van der Waals surface area contributed by atoms with Gasteiger partial charge in [0.15, 0.2) is 0 Å². The van der Waals surface area contributed by atoms with E-state index in [4.69, 9.17) is 0 Å². The van der Waals surface area contributed by atoms with Gasteiger partial charge in [0.05, 0.1) is 0 Å². The van der Waals surface area contributed by atoms with Gasteiger partial charge in [-0.25, -0.2) is 0 Å². The lowest BCUT2D eigenvalue weighted by atomic mass is 9.92.